The molecule has 1 rings (SSSR count). The highest BCUT2D eigenvalue weighted by molar-refractivity contribution is 7.80. The fourth-order valence-electron chi connectivity index (χ4n) is 1.75. The maximum Gasteiger partial charge on any atom is 0.186 e. The standard InChI is InChI=1S/C15H23N3OS/c1-4-5-6-9-16-15(20)18-17-12(3)13-10-11(2)7-8-14(13)19/h7-8,10,19H,4-6,9H2,1-3H3,(H2,16,18,20)/b17-12+. The van der Waals surface area contributed by atoms with Gasteiger partial charge in [0, 0.05) is 12.1 Å². The summed E-state index contributed by atoms with van der Waals surface area (Å²) in [7, 11) is 0. The van der Waals surface area contributed by atoms with Gasteiger partial charge in [0.05, 0.1) is 5.71 Å². The Balaban J connectivity index is 2.52. The van der Waals surface area contributed by atoms with Crippen molar-refractivity contribution >= 4 is 23.0 Å². The van der Waals surface area contributed by atoms with Crippen LogP contribution in [0.25, 0.3) is 0 Å². The third-order valence-electron chi connectivity index (χ3n) is 2.93. The summed E-state index contributed by atoms with van der Waals surface area (Å²) in [6.45, 7) is 6.83. The molecule has 0 bridgehead atoms. The molecule has 0 unspecified atom stereocenters. The number of hydrogen-bond acceptors (Lipinski definition) is 3. The molecule has 20 heavy (non-hydrogen) atoms. The quantitative estimate of drug-likeness (QED) is 0.326. The smallest absolute Gasteiger partial charge is 0.186 e. The van der Waals surface area contributed by atoms with Gasteiger partial charge in [0.2, 0.25) is 0 Å². The van der Waals surface area contributed by atoms with Crippen LogP contribution >= 0.6 is 12.2 Å². The van der Waals surface area contributed by atoms with Gasteiger partial charge in [-0.3, -0.25) is 5.43 Å². The summed E-state index contributed by atoms with van der Waals surface area (Å²) in [6.07, 6.45) is 3.47. The number of unbranched alkanes of at least 4 members (excludes halogenated alkanes) is 2. The van der Waals surface area contributed by atoms with E-state index in [-0.39, 0.29) is 5.75 Å². The number of aromatic hydroxyl groups is 1. The Morgan fingerprint density at radius 3 is 2.80 bits per heavy atom. The minimum Gasteiger partial charge on any atom is -0.507 e. The van der Waals surface area contributed by atoms with Crippen molar-refractivity contribution in [3.05, 3.63) is 29.3 Å². The fourth-order valence-corrected chi connectivity index (χ4v) is 1.90. The maximum atomic E-state index is 9.81. The van der Waals surface area contributed by atoms with Crippen molar-refractivity contribution in [1.29, 1.82) is 0 Å². The number of thiocarbonyl (C=S) groups is 1. The molecular formula is C15H23N3OS. The SMILES string of the molecule is CCCCCNC(=S)N/N=C(\C)c1cc(C)ccc1O. The minimum absolute atomic E-state index is 0.223. The highest BCUT2D eigenvalue weighted by Gasteiger charge is 2.05. The van der Waals surface area contributed by atoms with E-state index in [0.29, 0.717) is 16.4 Å². The van der Waals surface area contributed by atoms with Crippen molar-refractivity contribution in [3.8, 4) is 5.75 Å². The molecule has 0 aliphatic rings. The Kier molecular flexibility index (Phi) is 7.01. The first-order chi connectivity index (χ1) is 9.54. The molecule has 0 aromatic heterocycles. The average molecular weight is 293 g/mol. The Morgan fingerprint density at radius 2 is 2.10 bits per heavy atom. The minimum atomic E-state index is 0.223. The van der Waals surface area contributed by atoms with E-state index in [1.807, 2.05) is 26.0 Å². The van der Waals surface area contributed by atoms with Gasteiger partial charge < -0.3 is 10.4 Å². The van der Waals surface area contributed by atoms with Crippen molar-refractivity contribution in [2.45, 2.75) is 40.0 Å². The molecule has 0 aliphatic carbocycles. The molecule has 5 heteroatoms. The van der Waals surface area contributed by atoms with Crippen LogP contribution in [-0.2, 0) is 0 Å². The number of hydrazone groups is 1. The number of nitrogens with one attached hydrogen (secondary N) is 2. The van der Waals surface area contributed by atoms with Crippen molar-refractivity contribution in [1.82, 2.24) is 10.7 Å². The number of phenols is 1. The summed E-state index contributed by atoms with van der Waals surface area (Å²) in [5.41, 5.74) is 5.29. The third kappa shape index (κ3) is 5.57. The van der Waals surface area contributed by atoms with E-state index in [1.165, 1.54) is 12.8 Å². The highest BCUT2D eigenvalue weighted by atomic mass is 32.1. The summed E-state index contributed by atoms with van der Waals surface area (Å²) in [5.74, 6) is 0.223. The van der Waals surface area contributed by atoms with E-state index in [1.54, 1.807) is 6.07 Å². The molecule has 0 amide bonds. The lowest BCUT2D eigenvalue weighted by Gasteiger charge is -2.09. The van der Waals surface area contributed by atoms with Crippen LogP contribution in [0.15, 0.2) is 23.3 Å². The van der Waals surface area contributed by atoms with Gasteiger partial charge in [0.25, 0.3) is 0 Å². The van der Waals surface area contributed by atoms with Crippen LogP contribution in [0.2, 0.25) is 0 Å². The topological polar surface area (TPSA) is 56.7 Å². The third-order valence-corrected chi connectivity index (χ3v) is 3.17. The summed E-state index contributed by atoms with van der Waals surface area (Å²) in [6, 6.07) is 5.43. The van der Waals surface area contributed by atoms with Crippen molar-refractivity contribution < 1.29 is 5.11 Å². The first-order valence-electron chi connectivity index (χ1n) is 6.92. The largest absolute Gasteiger partial charge is 0.507 e. The summed E-state index contributed by atoms with van der Waals surface area (Å²) >= 11 is 5.14. The molecule has 1 aromatic carbocycles. The fraction of sp³-hybridized carbons (Fsp3) is 0.467. The average Bonchev–Trinajstić information content (AvgIpc) is 2.43. The summed E-state index contributed by atoms with van der Waals surface area (Å²) < 4.78 is 0. The molecule has 0 radical (unpaired) electrons. The lowest BCUT2D eigenvalue weighted by Crippen LogP contribution is -2.33. The van der Waals surface area contributed by atoms with Gasteiger partial charge in [0.15, 0.2) is 5.11 Å². The molecule has 3 N–H and O–H groups in total. The van der Waals surface area contributed by atoms with Gasteiger partial charge in [-0.2, -0.15) is 5.10 Å². The molecule has 0 saturated heterocycles. The molecule has 0 saturated carbocycles. The van der Waals surface area contributed by atoms with Gasteiger partial charge >= 0.3 is 0 Å². The van der Waals surface area contributed by atoms with Crippen LogP contribution in [0, 0.1) is 6.92 Å². The number of benzene rings is 1. The number of phenolic OH excluding ortho intramolecular Hbond substituents is 1. The highest BCUT2D eigenvalue weighted by Crippen LogP contribution is 2.18. The van der Waals surface area contributed by atoms with Gasteiger partial charge in [-0.1, -0.05) is 31.4 Å². The number of nitrogens with zero attached hydrogens (tertiary/aromatic N) is 1. The summed E-state index contributed by atoms with van der Waals surface area (Å²) in [4.78, 5) is 0. The van der Waals surface area contributed by atoms with Crippen molar-refractivity contribution in [2.75, 3.05) is 6.54 Å². The zero-order valence-corrected chi connectivity index (χ0v) is 13.2. The molecule has 0 fully saturated rings. The molecule has 0 atom stereocenters. The van der Waals surface area contributed by atoms with E-state index >= 15 is 0 Å². The zero-order chi connectivity index (χ0) is 15.0. The summed E-state index contributed by atoms with van der Waals surface area (Å²) in [5, 5.41) is 17.6. The zero-order valence-electron chi connectivity index (χ0n) is 12.4. The van der Waals surface area contributed by atoms with Crippen molar-refractivity contribution in [3.63, 3.8) is 0 Å². The van der Waals surface area contributed by atoms with Crippen LogP contribution in [0.4, 0.5) is 0 Å². The van der Waals surface area contributed by atoms with Gasteiger partial charge in [-0.15, -0.1) is 0 Å². The second-order valence-electron chi connectivity index (χ2n) is 4.79. The van der Waals surface area contributed by atoms with Crippen LogP contribution in [0.1, 0.15) is 44.2 Å². The molecule has 1 aromatic rings. The molecular weight excluding hydrogens is 270 g/mol. The van der Waals surface area contributed by atoms with Crippen LogP contribution in [-0.4, -0.2) is 22.5 Å². The second-order valence-corrected chi connectivity index (χ2v) is 5.20. The first kappa shape index (κ1) is 16.4. The van der Waals surface area contributed by atoms with Crippen LogP contribution in [0.5, 0.6) is 5.75 Å². The van der Waals surface area contributed by atoms with Gasteiger partial charge in [-0.05, 0) is 44.6 Å². The predicted octanol–water partition coefficient (Wildman–Crippen LogP) is 3.08. The lowest BCUT2D eigenvalue weighted by molar-refractivity contribution is 0.474. The van der Waals surface area contributed by atoms with E-state index in [4.69, 9.17) is 12.2 Å². The Bertz CT molecular complexity index is 486. The Morgan fingerprint density at radius 1 is 1.35 bits per heavy atom. The predicted molar refractivity (Wildman–Crippen MR) is 88.3 cm³/mol. The Labute approximate surface area is 126 Å². The number of hydrogen-bond donors (Lipinski definition) is 3. The van der Waals surface area contributed by atoms with Gasteiger partial charge in [0.1, 0.15) is 5.75 Å². The van der Waals surface area contributed by atoms with E-state index < -0.39 is 0 Å². The molecule has 0 spiro atoms. The second kappa shape index (κ2) is 8.53. The number of rotatable bonds is 6. The first-order valence-corrected chi connectivity index (χ1v) is 7.33. The van der Waals surface area contributed by atoms with E-state index in [0.717, 1.165) is 18.5 Å². The number of aryl methyl sites for hydroxylation is 1. The lowest BCUT2D eigenvalue weighted by atomic mass is 10.1. The molecule has 0 aliphatic heterocycles. The van der Waals surface area contributed by atoms with Crippen LogP contribution < -0.4 is 10.7 Å². The monoisotopic (exact) mass is 293 g/mol. The molecule has 110 valence electrons. The molecule has 0 heterocycles. The van der Waals surface area contributed by atoms with Crippen LogP contribution in [0.3, 0.4) is 0 Å². The van der Waals surface area contributed by atoms with E-state index in [2.05, 4.69) is 22.8 Å². The van der Waals surface area contributed by atoms with Gasteiger partial charge in [-0.25, -0.2) is 0 Å². The molecule has 4 nitrogen and oxygen atoms in total. The van der Waals surface area contributed by atoms with E-state index in [9.17, 15) is 5.11 Å². The van der Waals surface area contributed by atoms with Crippen molar-refractivity contribution in [2.24, 2.45) is 5.10 Å². The Hall–Kier alpha value is -1.62. The maximum absolute atomic E-state index is 9.81. The normalized spacial score (nSPS) is 11.2.